The first-order valence-corrected chi connectivity index (χ1v) is 13.0. The van der Waals surface area contributed by atoms with Gasteiger partial charge in [-0.15, -0.1) is 0 Å². The molecular formula is C26H27ClFN3O4S. The van der Waals surface area contributed by atoms with Gasteiger partial charge in [-0.2, -0.15) is 4.31 Å². The number of amides is 2. The highest BCUT2D eigenvalue weighted by Crippen LogP contribution is 2.20. The average molecular weight is 532 g/mol. The topological polar surface area (TPSA) is 86.8 Å². The monoisotopic (exact) mass is 531 g/mol. The third kappa shape index (κ3) is 6.69. The van der Waals surface area contributed by atoms with Crippen molar-refractivity contribution in [2.75, 3.05) is 20.6 Å². The zero-order chi connectivity index (χ0) is 26.3. The van der Waals surface area contributed by atoms with Crippen LogP contribution in [0.3, 0.4) is 0 Å². The third-order valence-corrected chi connectivity index (χ3v) is 7.77. The minimum absolute atomic E-state index is 0.0324. The largest absolute Gasteiger partial charge is 0.357 e. The molecule has 0 aromatic heterocycles. The second-order valence-electron chi connectivity index (χ2n) is 8.15. The van der Waals surface area contributed by atoms with E-state index < -0.39 is 40.2 Å². The first-order chi connectivity index (χ1) is 17.1. The smallest absolute Gasteiger partial charge is 0.243 e. The molecule has 3 rings (SSSR count). The molecule has 3 aromatic rings. The molecule has 0 bridgehead atoms. The number of benzene rings is 3. The molecule has 2 amide bonds. The zero-order valence-electron chi connectivity index (χ0n) is 19.9. The number of hydrogen-bond donors (Lipinski definition) is 1. The van der Waals surface area contributed by atoms with Crippen molar-refractivity contribution < 1.29 is 22.4 Å². The molecule has 0 aliphatic heterocycles. The molecule has 0 fully saturated rings. The fraction of sp³-hybridized carbons (Fsp3) is 0.231. The Hall–Kier alpha value is -3.27. The van der Waals surface area contributed by atoms with Gasteiger partial charge in [0.05, 0.1) is 11.4 Å². The second-order valence-corrected chi connectivity index (χ2v) is 10.6. The number of nitrogens with one attached hydrogen (secondary N) is 1. The summed E-state index contributed by atoms with van der Waals surface area (Å²) < 4.78 is 41.5. The van der Waals surface area contributed by atoms with Crippen molar-refractivity contribution in [3.63, 3.8) is 0 Å². The van der Waals surface area contributed by atoms with Crippen LogP contribution in [0.2, 0.25) is 5.02 Å². The lowest BCUT2D eigenvalue weighted by molar-refractivity contribution is -0.141. The molecule has 36 heavy (non-hydrogen) atoms. The number of likely N-dealkylation sites (N-methyl/N-ethyl adjacent to an activating group) is 2. The van der Waals surface area contributed by atoms with Gasteiger partial charge in [-0.25, -0.2) is 12.8 Å². The van der Waals surface area contributed by atoms with Crippen molar-refractivity contribution in [1.82, 2.24) is 14.5 Å². The summed E-state index contributed by atoms with van der Waals surface area (Å²) in [4.78, 5) is 27.7. The second kappa shape index (κ2) is 12.1. The fourth-order valence-corrected chi connectivity index (χ4v) is 4.93. The van der Waals surface area contributed by atoms with Crippen LogP contribution in [0.5, 0.6) is 0 Å². The van der Waals surface area contributed by atoms with Crippen molar-refractivity contribution in [3.05, 3.63) is 101 Å². The summed E-state index contributed by atoms with van der Waals surface area (Å²) in [5, 5.41) is 2.94. The zero-order valence-corrected chi connectivity index (χ0v) is 21.5. The average Bonchev–Trinajstić information content (AvgIpc) is 2.87. The van der Waals surface area contributed by atoms with Crippen molar-refractivity contribution in [2.45, 2.75) is 23.9 Å². The Kier molecular flexibility index (Phi) is 9.19. The van der Waals surface area contributed by atoms with E-state index in [0.29, 0.717) is 5.02 Å². The Morgan fingerprint density at radius 1 is 0.972 bits per heavy atom. The molecule has 0 spiro atoms. The maximum Gasteiger partial charge on any atom is 0.243 e. The Balaban J connectivity index is 1.95. The number of hydrogen-bond acceptors (Lipinski definition) is 4. The van der Waals surface area contributed by atoms with Crippen molar-refractivity contribution >= 4 is 33.4 Å². The lowest BCUT2D eigenvalue weighted by Gasteiger charge is -2.32. The maximum atomic E-state index is 14.5. The maximum absolute atomic E-state index is 14.5. The summed E-state index contributed by atoms with van der Waals surface area (Å²) >= 11 is 5.86. The molecule has 7 nitrogen and oxygen atoms in total. The highest BCUT2D eigenvalue weighted by Gasteiger charge is 2.33. The van der Waals surface area contributed by atoms with Gasteiger partial charge in [0.1, 0.15) is 11.9 Å². The van der Waals surface area contributed by atoms with E-state index in [1.54, 1.807) is 6.07 Å². The van der Waals surface area contributed by atoms with Gasteiger partial charge in [0.15, 0.2) is 0 Å². The van der Waals surface area contributed by atoms with Crippen molar-refractivity contribution in [3.8, 4) is 0 Å². The van der Waals surface area contributed by atoms with Gasteiger partial charge in [0.2, 0.25) is 21.8 Å². The van der Waals surface area contributed by atoms with E-state index in [-0.39, 0.29) is 23.4 Å². The van der Waals surface area contributed by atoms with Crippen LogP contribution in [-0.2, 0) is 32.6 Å². The van der Waals surface area contributed by atoms with Crippen molar-refractivity contribution in [1.29, 1.82) is 0 Å². The predicted molar refractivity (Wildman–Crippen MR) is 136 cm³/mol. The van der Waals surface area contributed by atoms with Crippen LogP contribution in [0.4, 0.5) is 4.39 Å². The van der Waals surface area contributed by atoms with E-state index in [1.165, 1.54) is 61.5 Å². The quantitative estimate of drug-likeness (QED) is 0.434. The summed E-state index contributed by atoms with van der Waals surface area (Å²) in [6, 6.07) is 19.6. The summed E-state index contributed by atoms with van der Waals surface area (Å²) in [6.45, 7) is -0.771. The molecular weight excluding hydrogens is 505 g/mol. The first kappa shape index (κ1) is 27.3. The summed E-state index contributed by atoms with van der Waals surface area (Å²) in [7, 11) is -1.30. The van der Waals surface area contributed by atoms with Gasteiger partial charge in [-0.3, -0.25) is 9.59 Å². The van der Waals surface area contributed by atoms with Crippen LogP contribution in [0.15, 0.2) is 83.8 Å². The number of halogens is 2. The van der Waals surface area contributed by atoms with E-state index in [1.807, 2.05) is 30.3 Å². The van der Waals surface area contributed by atoms with E-state index >= 15 is 0 Å². The molecule has 10 heteroatoms. The van der Waals surface area contributed by atoms with Gasteiger partial charge in [-0.05, 0) is 35.9 Å². The summed E-state index contributed by atoms with van der Waals surface area (Å²) in [5.74, 6) is -1.64. The Bertz CT molecular complexity index is 1300. The van der Waals surface area contributed by atoms with Crippen LogP contribution in [-0.4, -0.2) is 56.1 Å². The number of carbonyl (C=O) groups is 2. The van der Waals surface area contributed by atoms with Gasteiger partial charge >= 0.3 is 0 Å². The molecule has 1 N–H and O–H groups in total. The minimum atomic E-state index is -4.02. The Morgan fingerprint density at radius 2 is 1.58 bits per heavy atom. The molecule has 1 atom stereocenters. The molecule has 0 heterocycles. The molecule has 0 aliphatic carbocycles. The predicted octanol–water partition coefficient (Wildman–Crippen LogP) is 3.49. The number of sulfonamides is 1. The summed E-state index contributed by atoms with van der Waals surface area (Å²) in [6.07, 6.45) is 0.161. The summed E-state index contributed by atoms with van der Waals surface area (Å²) in [5.41, 5.74) is 0.996. The Morgan fingerprint density at radius 3 is 2.19 bits per heavy atom. The molecule has 190 valence electrons. The van der Waals surface area contributed by atoms with E-state index in [4.69, 9.17) is 11.6 Å². The minimum Gasteiger partial charge on any atom is -0.357 e. The lowest BCUT2D eigenvalue weighted by atomic mass is 10.0. The SMILES string of the molecule is CNC(=O)C(Cc1ccccc1)N(Cc1ccccc1F)C(=O)CN(C)S(=O)(=O)c1ccc(Cl)cc1. The molecule has 0 radical (unpaired) electrons. The van der Waals surface area contributed by atoms with Gasteiger partial charge in [-0.1, -0.05) is 60.1 Å². The third-order valence-electron chi connectivity index (χ3n) is 5.70. The number of carbonyl (C=O) groups excluding carboxylic acids is 2. The van der Waals surface area contributed by atoms with Crippen LogP contribution < -0.4 is 5.32 Å². The normalized spacial score (nSPS) is 12.2. The molecule has 1 unspecified atom stereocenters. The van der Waals surface area contributed by atoms with Crippen LogP contribution in [0, 0.1) is 5.82 Å². The molecule has 0 aliphatic rings. The van der Waals surface area contributed by atoms with Gasteiger partial charge < -0.3 is 10.2 Å². The highest BCUT2D eigenvalue weighted by atomic mass is 35.5. The lowest BCUT2D eigenvalue weighted by Crippen LogP contribution is -2.52. The Labute approximate surface area is 215 Å². The molecule has 0 saturated heterocycles. The van der Waals surface area contributed by atoms with Gasteiger partial charge in [0, 0.05) is 37.6 Å². The highest BCUT2D eigenvalue weighted by molar-refractivity contribution is 7.89. The van der Waals surface area contributed by atoms with Gasteiger partial charge in [0.25, 0.3) is 0 Å². The molecule has 0 saturated carbocycles. The number of nitrogens with zero attached hydrogens (tertiary/aromatic N) is 2. The van der Waals surface area contributed by atoms with E-state index in [0.717, 1.165) is 9.87 Å². The van der Waals surface area contributed by atoms with E-state index in [2.05, 4.69) is 5.32 Å². The van der Waals surface area contributed by atoms with Crippen LogP contribution in [0.1, 0.15) is 11.1 Å². The van der Waals surface area contributed by atoms with E-state index in [9.17, 15) is 22.4 Å². The number of rotatable bonds is 10. The fourth-order valence-electron chi connectivity index (χ4n) is 3.68. The standard InChI is InChI=1S/C26H27ClFN3O4S/c1-29-26(33)24(16-19-8-4-3-5-9-19)31(17-20-10-6-7-11-23(20)28)25(32)18-30(2)36(34,35)22-14-12-21(27)13-15-22/h3-15,24H,16-18H2,1-2H3,(H,29,33). The van der Waals surface area contributed by atoms with Crippen LogP contribution >= 0.6 is 11.6 Å². The van der Waals surface area contributed by atoms with Crippen molar-refractivity contribution in [2.24, 2.45) is 0 Å². The molecule has 3 aromatic carbocycles. The van der Waals surface area contributed by atoms with Crippen LogP contribution in [0.25, 0.3) is 0 Å². The first-order valence-electron chi connectivity index (χ1n) is 11.1.